The number of ketones is 1. The average Bonchev–Trinajstić information content (AvgIpc) is 2.41. The highest BCUT2D eigenvalue weighted by atomic mass is 16.7. The summed E-state index contributed by atoms with van der Waals surface area (Å²) in [5.74, 6) is 0.697. The second kappa shape index (κ2) is 5.78. The lowest BCUT2D eigenvalue weighted by Gasteiger charge is -2.36. The minimum Gasteiger partial charge on any atom is -0.355 e. The molecule has 3 heteroatoms. The lowest BCUT2D eigenvalue weighted by molar-refractivity contribution is -0.197. The first-order chi connectivity index (χ1) is 8.22. The number of ether oxygens (including phenoxy) is 2. The number of Topliss-reactive ketones (excluding diaryl/α,β-unsaturated/α-hetero) is 1. The van der Waals surface area contributed by atoms with Crippen molar-refractivity contribution in [3.05, 3.63) is 11.6 Å². The zero-order valence-electron chi connectivity index (χ0n) is 10.8. The van der Waals surface area contributed by atoms with Crippen molar-refractivity contribution >= 4 is 5.78 Å². The molecule has 0 spiro atoms. The largest absolute Gasteiger partial charge is 0.355 e. The molecule has 0 bridgehead atoms. The molecular weight excluding hydrogens is 216 g/mol. The summed E-state index contributed by atoms with van der Waals surface area (Å²) in [6, 6.07) is 0. The molecule has 1 aliphatic carbocycles. The van der Waals surface area contributed by atoms with E-state index in [1.165, 1.54) is 5.57 Å². The van der Waals surface area contributed by atoms with Crippen LogP contribution in [0.1, 0.15) is 39.0 Å². The minimum atomic E-state index is -0.320. The van der Waals surface area contributed by atoms with Crippen molar-refractivity contribution in [2.75, 3.05) is 13.7 Å². The Morgan fingerprint density at radius 2 is 2.18 bits per heavy atom. The molecule has 3 atom stereocenters. The van der Waals surface area contributed by atoms with E-state index in [0.717, 1.165) is 32.3 Å². The standard InChI is InChI=1S/C14H22O3/c1-10-4-3-5-12(15)13-11(7-6-10)8-9-17-14(13)16-2/h4,11,13-14H,3,5-9H2,1-2H3/b10-4+/t11-,13-,14?/m0/s1. The SMILES string of the molecule is COC1OCC[C@@H]2CC/C(C)=C/CCC(=O)[C@@H]12. The second-order valence-corrected chi connectivity index (χ2v) is 5.14. The highest BCUT2D eigenvalue weighted by Crippen LogP contribution is 2.34. The van der Waals surface area contributed by atoms with Crippen LogP contribution in [0.15, 0.2) is 11.6 Å². The first-order valence-electron chi connectivity index (χ1n) is 6.55. The summed E-state index contributed by atoms with van der Waals surface area (Å²) < 4.78 is 10.9. The quantitative estimate of drug-likeness (QED) is 0.659. The normalized spacial score (nSPS) is 38.4. The Morgan fingerprint density at radius 1 is 1.35 bits per heavy atom. The van der Waals surface area contributed by atoms with Crippen LogP contribution >= 0.6 is 0 Å². The van der Waals surface area contributed by atoms with Gasteiger partial charge in [0.2, 0.25) is 0 Å². The number of hydrogen-bond donors (Lipinski definition) is 0. The Morgan fingerprint density at radius 3 is 2.94 bits per heavy atom. The van der Waals surface area contributed by atoms with Crippen molar-refractivity contribution in [2.24, 2.45) is 11.8 Å². The zero-order chi connectivity index (χ0) is 12.3. The number of methoxy groups -OCH3 is 1. The Labute approximate surface area is 103 Å². The van der Waals surface area contributed by atoms with Crippen LogP contribution < -0.4 is 0 Å². The van der Waals surface area contributed by atoms with Crippen molar-refractivity contribution in [3.63, 3.8) is 0 Å². The lowest BCUT2D eigenvalue weighted by Crippen LogP contribution is -2.42. The van der Waals surface area contributed by atoms with E-state index >= 15 is 0 Å². The van der Waals surface area contributed by atoms with Crippen molar-refractivity contribution in [1.29, 1.82) is 0 Å². The fourth-order valence-electron chi connectivity index (χ4n) is 2.94. The fourth-order valence-corrected chi connectivity index (χ4v) is 2.94. The van der Waals surface area contributed by atoms with Crippen LogP contribution in [0.5, 0.6) is 0 Å². The molecule has 17 heavy (non-hydrogen) atoms. The predicted molar refractivity (Wildman–Crippen MR) is 65.6 cm³/mol. The first kappa shape index (κ1) is 12.8. The van der Waals surface area contributed by atoms with Crippen molar-refractivity contribution in [1.82, 2.24) is 0 Å². The van der Waals surface area contributed by atoms with Crippen LogP contribution in [0.25, 0.3) is 0 Å². The van der Waals surface area contributed by atoms with E-state index < -0.39 is 0 Å². The Balaban J connectivity index is 2.15. The monoisotopic (exact) mass is 238 g/mol. The third-order valence-corrected chi connectivity index (χ3v) is 3.97. The molecule has 2 rings (SSSR count). The van der Waals surface area contributed by atoms with Gasteiger partial charge in [0.15, 0.2) is 6.29 Å². The van der Waals surface area contributed by atoms with E-state index in [0.29, 0.717) is 18.1 Å². The van der Waals surface area contributed by atoms with Gasteiger partial charge in [0, 0.05) is 13.5 Å². The van der Waals surface area contributed by atoms with Crippen LogP contribution in [0.3, 0.4) is 0 Å². The first-order valence-corrected chi connectivity index (χ1v) is 6.55. The molecule has 0 amide bonds. The molecule has 0 radical (unpaired) electrons. The number of carbonyl (C=O) groups excluding carboxylic acids is 1. The molecule has 0 saturated carbocycles. The minimum absolute atomic E-state index is 0.0481. The highest BCUT2D eigenvalue weighted by molar-refractivity contribution is 5.82. The van der Waals surface area contributed by atoms with Crippen molar-refractivity contribution in [2.45, 2.75) is 45.3 Å². The molecule has 0 aromatic carbocycles. The average molecular weight is 238 g/mol. The fraction of sp³-hybridized carbons (Fsp3) is 0.786. The number of rotatable bonds is 1. The van der Waals surface area contributed by atoms with Gasteiger partial charge in [0.1, 0.15) is 5.78 Å². The molecule has 0 N–H and O–H groups in total. The molecule has 2 aliphatic rings. The van der Waals surface area contributed by atoms with Crippen LogP contribution in [-0.2, 0) is 14.3 Å². The molecule has 1 aliphatic heterocycles. The Hall–Kier alpha value is -0.670. The summed E-state index contributed by atoms with van der Waals surface area (Å²) >= 11 is 0. The third kappa shape index (κ3) is 2.96. The van der Waals surface area contributed by atoms with E-state index in [1.807, 2.05) is 0 Å². The van der Waals surface area contributed by atoms with E-state index in [4.69, 9.17) is 9.47 Å². The maximum absolute atomic E-state index is 12.2. The summed E-state index contributed by atoms with van der Waals surface area (Å²) in [4.78, 5) is 12.2. The van der Waals surface area contributed by atoms with E-state index in [2.05, 4.69) is 13.0 Å². The topological polar surface area (TPSA) is 35.5 Å². The molecule has 1 saturated heterocycles. The van der Waals surface area contributed by atoms with Gasteiger partial charge in [-0.1, -0.05) is 11.6 Å². The van der Waals surface area contributed by atoms with Crippen LogP contribution in [-0.4, -0.2) is 25.8 Å². The number of allylic oxidation sites excluding steroid dienone is 2. The van der Waals surface area contributed by atoms with Gasteiger partial charge in [-0.3, -0.25) is 4.79 Å². The lowest BCUT2D eigenvalue weighted by atomic mass is 9.80. The molecule has 1 fully saturated rings. The van der Waals surface area contributed by atoms with Gasteiger partial charge < -0.3 is 9.47 Å². The molecular formula is C14H22O3. The molecule has 0 aromatic rings. The van der Waals surface area contributed by atoms with E-state index in [1.54, 1.807) is 7.11 Å². The van der Waals surface area contributed by atoms with Gasteiger partial charge >= 0.3 is 0 Å². The number of fused-ring (bicyclic) bond motifs is 1. The molecule has 96 valence electrons. The zero-order valence-corrected chi connectivity index (χ0v) is 10.8. The van der Waals surface area contributed by atoms with Crippen LogP contribution in [0.2, 0.25) is 0 Å². The Kier molecular flexibility index (Phi) is 4.35. The second-order valence-electron chi connectivity index (χ2n) is 5.14. The summed E-state index contributed by atoms with van der Waals surface area (Å²) in [6.07, 6.45) is 6.56. The summed E-state index contributed by atoms with van der Waals surface area (Å²) in [5, 5.41) is 0. The van der Waals surface area contributed by atoms with Crippen molar-refractivity contribution in [3.8, 4) is 0 Å². The molecule has 3 nitrogen and oxygen atoms in total. The maximum Gasteiger partial charge on any atom is 0.167 e. The van der Waals surface area contributed by atoms with Gasteiger partial charge in [-0.05, 0) is 38.5 Å². The third-order valence-electron chi connectivity index (χ3n) is 3.97. The number of hydrogen-bond acceptors (Lipinski definition) is 3. The van der Waals surface area contributed by atoms with Gasteiger partial charge in [-0.15, -0.1) is 0 Å². The van der Waals surface area contributed by atoms with Crippen LogP contribution in [0, 0.1) is 11.8 Å². The van der Waals surface area contributed by atoms with E-state index in [-0.39, 0.29) is 12.2 Å². The van der Waals surface area contributed by atoms with E-state index in [9.17, 15) is 4.79 Å². The van der Waals surface area contributed by atoms with Gasteiger partial charge in [-0.25, -0.2) is 0 Å². The van der Waals surface area contributed by atoms with Crippen LogP contribution in [0.4, 0.5) is 0 Å². The van der Waals surface area contributed by atoms with Gasteiger partial charge in [0.05, 0.1) is 12.5 Å². The predicted octanol–water partition coefficient (Wildman–Crippen LogP) is 2.70. The highest BCUT2D eigenvalue weighted by Gasteiger charge is 2.38. The summed E-state index contributed by atoms with van der Waals surface area (Å²) in [6.45, 7) is 2.88. The molecule has 1 heterocycles. The maximum atomic E-state index is 12.2. The van der Waals surface area contributed by atoms with Gasteiger partial charge in [0.25, 0.3) is 0 Å². The Bertz CT molecular complexity index is 309. The smallest absolute Gasteiger partial charge is 0.167 e. The summed E-state index contributed by atoms with van der Waals surface area (Å²) in [7, 11) is 1.64. The summed E-state index contributed by atoms with van der Waals surface area (Å²) in [5.41, 5.74) is 1.42. The molecule has 1 unspecified atom stereocenters. The molecule has 0 aromatic heterocycles. The van der Waals surface area contributed by atoms with Crippen molar-refractivity contribution < 1.29 is 14.3 Å². The van der Waals surface area contributed by atoms with Gasteiger partial charge in [-0.2, -0.15) is 0 Å². The number of carbonyl (C=O) groups is 1.